The number of hydrogen-bond acceptors (Lipinski definition) is 0. The van der Waals surface area contributed by atoms with Gasteiger partial charge in [0.25, 0.3) is 0 Å². The molecule has 0 amide bonds. The van der Waals surface area contributed by atoms with Crippen LogP contribution in [0.1, 0.15) is 0 Å². The largest absolute Gasteiger partial charge is 3.00 e. The van der Waals surface area contributed by atoms with E-state index in [0.29, 0.717) is 0 Å². The summed E-state index contributed by atoms with van der Waals surface area (Å²) < 4.78 is 0. The van der Waals surface area contributed by atoms with Gasteiger partial charge in [-0.15, -0.1) is 0 Å². The monoisotopic (exact) mass is 378 g/mol. The van der Waals surface area contributed by atoms with Crippen LogP contribution in [0.15, 0.2) is 0 Å². The van der Waals surface area contributed by atoms with Crippen LogP contribution in [-0.4, -0.2) is 0 Å². The van der Waals surface area contributed by atoms with Crippen molar-refractivity contribution in [2.75, 3.05) is 0 Å². The van der Waals surface area contributed by atoms with Crippen LogP contribution in [0.25, 0.3) is 0 Å². The number of rotatable bonds is 0. The normalized spacial score (nSPS) is 0. The summed E-state index contributed by atoms with van der Waals surface area (Å²) in [6.45, 7) is 0. The molecule has 0 N–H and O–H groups in total. The first-order valence-corrected chi connectivity index (χ1v) is 0. The fourth-order valence-electron chi connectivity index (χ4n) is 0. The third kappa shape index (κ3) is 18.2. The Morgan fingerprint density at radius 2 is 0.400 bits per heavy atom. The SMILES string of the molecule is [Pr+3].[Pr+3].[S-2].[S-2].[S-2]. The molecule has 0 radical (unpaired) electrons. The Morgan fingerprint density at radius 3 is 0.400 bits per heavy atom. The van der Waals surface area contributed by atoms with E-state index < -0.39 is 0 Å². The summed E-state index contributed by atoms with van der Waals surface area (Å²) in [6, 6.07) is 0. The molecule has 0 heterocycles. The van der Waals surface area contributed by atoms with Crippen LogP contribution in [0.4, 0.5) is 0 Å². The number of hydrogen-bond donors (Lipinski definition) is 0. The molecule has 0 aliphatic rings. The topological polar surface area (TPSA) is 0 Å². The Balaban J connectivity index is 0. The molecule has 0 rings (SSSR count). The molecule has 0 saturated carbocycles. The first kappa shape index (κ1) is 37.2. The van der Waals surface area contributed by atoms with E-state index in [-0.39, 0.29) is 123 Å². The Hall–Kier alpha value is 3.78. The van der Waals surface area contributed by atoms with E-state index in [2.05, 4.69) is 0 Å². The maximum Gasteiger partial charge on any atom is 3.00 e. The van der Waals surface area contributed by atoms with Gasteiger partial charge in [-0.1, -0.05) is 0 Å². The summed E-state index contributed by atoms with van der Waals surface area (Å²) in [5.41, 5.74) is 0. The minimum Gasteiger partial charge on any atom is -2.00 e. The Labute approximate surface area is 120 Å². The standard InChI is InChI=1S/2Pr.3S/q2*+3;3*-2. The molecule has 0 unspecified atom stereocenters. The second kappa shape index (κ2) is 25.0. The summed E-state index contributed by atoms with van der Waals surface area (Å²) >= 11 is 0. The zero-order valence-electron chi connectivity index (χ0n) is 2.38. The molecule has 0 aromatic rings. The van der Waals surface area contributed by atoms with Gasteiger partial charge in [-0.2, -0.15) is 0 Å². The van der Waals surface area contributed by atoms with Gasteiger partial charge >= 0.3 is 82.6 Å². The molecule has 0 aliphatic carbocycles. The predicted molar refractivity (Wildman–Crippen MR) is 22.1 cm³/mol. The Bertz CT molecular complexity index is 4.85. The van der Waals surface area contributed by atoms with Crippen molar-refractivity contribution in [1.29, 1.82) is 0 Å². The van der Waals surface area contributed by atoms with Crippen LogP contribution in [0, 0.1) is 82.6 Å². The predicted octanol–water partition coefficient (Wildman–Crippen LogP) is -0.00720. The molecule has 0 bridgehead atoms. The zero-order chi connectivity index (χ0) is 0. The molecule has 0 fully saturated rings. The van der Waals surface area contributed by atoms with Gasteiger partial charge in [0.15, 0.2) is 0 Å². The molecule has 5 heteroatoms. The molecular formula is Pr2S3. The first-order chi connectivity index (χ1) is 0. The fourth-order valence-corrected chi connectivity index (χ4v) is 0. The maximum absolute atomic E-state index is 0. The summed E-state index contributed by atoms with van der Waals surface area (Å²) in [7, 11) is 0. The van der Waals surface area contributed by atoms with Crippen molar-refractivity contribution in [2.24, 2.45) is 0 Å². The molecule has 0 nitrogen and oxygen atoms in total. The maximum atomic E-state index is 0. The molecule has 24 valence electrons. The van der Waals surface area contributed by atoms with Gasteiger partial charge in [-0.25, -0.2) is 0 Å². The third-order valence-corrected chi connectivity index (χ3v) is 0. The average molecular weight is 378 g/mol. The second-order valence-electron chi connectivity index (χ2n) is 0. The van der Waals surface area contributed by atoms with E-state index in [0.717, 1.165) is 0 Å². The Kier molecular flexibility index (Phi) is 186. The van der Waals surface area contributed by atoms with Crippen molar-refractivity contribution in [3.8, 4) is 0 Å². The van der Waals surface area contributed by atoms with E-state index >= 15 is 0 Å². The van der Waals surface area contributed by atoms with Crippen LogP contribution < -0.4 is 0 Å². The fraction of sp³-hybridized carbons (Fsp3) is 0. The second-order valence-corrected chi connectivity index (χ2v) is 0. The molecule has 0 spiro atoms. The van der Waals surface area contributed by atoms with E-state index in [1.54, 1.807) is 0 Å². The third-order valence-electron chi connectivity index (χ3n) is 0. The van der Waals surface area contributed by atoms with Crippen molar-refractivity contribution in [3.63, 3.8) is 0 Å². The van der Waals surface area contributed by atoms with Gasteiger partial charge in [0.05, 0.1) is 0 Å². The van der Waals surface area contributed by atoms with Crippen LogP contribution in [0.2, 0.25) is 0 Å². The van der Waals surface area contributed by atoms with Gasteiger partial charge < -0.3 is 40.5 Å². The summed E-state index contributed by atoms with van der Waals surface area (Å²) in [4.78, 5) is 0. The van der Waals surface area contributed by atoms with Crippen molar-refractivity contribution in [2.45, 2.75) is 0 Å². The van der Waals surface area contributed by atoms with Crippen molar-refractivity contribution >= 4 is 40.5 Å². The zero-order valence-corrected chi connectivity index (χ0v) is 12.2. The molecule has 0 saturated heterocycles. The van der Waals surface area contributed by atoms with Crippen LogP contribution in [0.5, 0.6) is 0 Å². The minimum atomic E-state index is 0. The van der Waals surface area contributed by atoms with Crippen molar-refractivity contribution < 1.29 is 82.6 Å². The van der Waals surface area contributed by atoms with Gasteiger partial charge in [0, 0.05) is 0 Å². The average Bonchev–Trinajstić information content (AvgIpc) is 0. The summed E-state index contributed by atoms with van der Waals surface area (Å²) in [5, 5.41) is 0. The van der Waals surface area contributed by atoms with Gasteiger partial charge in [-0.3, -0.25) is 0 Å². The van der Waals surface area contributed by atoms with Crippen molar-refractivity contribution in [1.82, 2.24) is 0 Å². The van der Waals surface area contributed by atoms with Crippen LogP contribution in [-0.2, 0) is 40.5 Å². The van der Waals surface area contributed by atoms with Gasteiger partial charge in [0.2, 0.25) is 0 Å². The molecule has 0 aliphatic heterocycles. The molecule has 0 atom stereocenters. The van der Waals surface area contributed by atoms with Gasteiger partial charge in [0.1, 0.15) is 0 Å². The quantitative estimate of drug-likeness (QED) is 0.557. The molecule has 0 aromatic carbocycles. The van der Waals surface area contributed by atoms with Crippen molar-refractivity contribution in [3.05, 3.63) is 0 Å². The van der Waals surface area contributed by atoms with Crippen LogP contribution >= 0.6 is 0 Å². The summed E-state index contributed by atoms with van der Waals surface area (Å²) in [5.74, 6) is 0. The van der Waals surface area contributed by atoms with Crippen LogP contribution in [0.3, 0.4) is 0 Å². The minimum absolute atomic E-state index is 0. The molecular weight excluding hydrogens is 378 g/mol. The Morgan fingerprint density at radius 1 is 0.400 bits per heavy atom. The van der Waals surface area contributed by atoms with E-state index in [1.165, 1.54) is 0 Å². The summed E-state index contributed by atoms with van der Waals surface area (Å²) in [6.07, 6.45) is 0. The van der Waals surface area contributed by atoms with E-state index in [4.69, 9.17) is 0 Å². The van der Waals surface area contributed by atoms with Gasteiger partial charge in [-0.05, 0) is 0 Å². The van der Waals surface area contributed by atoms with E-state index in [1.807, 2.05) is 0 Å². The molecule has 5 heavy (non-hydrogen) atoms. The molecule has 0 aromatic heterocycles. The smallest absolute Gasteiger partial charge is 2.00 e. The van der Waals surface area contributed by atoms with E-state index in [9.17, 15) is 0 Å². The first-order valence-electron chi connectivity index (χ1n) is 0.